The van der Waals surface area contributed by atoms with Crippen LogP contribution >= 0.6 is 27.5 Å². The summed E-state index contributed by atoms with van der Waals surface area (Å²) in [4.78, 5) is 4.32. The molecule has 0 aliphatic heterocycles. The van der Waals surface area contributed by atoms with Crippen molar-refractivity contribution >= 4 is 39.1 Å². The molecule has 2 nitrogen and oxygen atoms in total. The molecule has 17 heavy (non-hydrogen) atoms. The first-order valence-electron chi connectivity index (χ1n) is 5.01. The molecule has 2 N–H and O–H groups in total. The Balaban J connectivity index is 2.40. The molecule has 0 radical (unpaired) electrons. The standard InChI is InChI=1S/C13H10BrClN2/c14-9-6-7-12(15)11(8-9)13(16)17-10-4-2-1-3-5-10/h1-8H,(H2,16,17). The topological polar surface area (TPSA) is 38.4 Å². The largest absolute Gasteiger partial charge is 0.383 e. The number of nitrogens with two attached hydrogens (primary N) is 1. The molecule has 0 atom stereocenters. The van der Waals surface area contributed by atoms with Crippen LogP contribution in [0.2, 0.25) is 5.02 Å². The van der Waals surface area contributed by atoms with Crippen molar-refractivity contribution in [2.24, 2.45) is 10.7 Å². The van der Waals surface area contributed by atoms with Crippen molar-refractivity contribution in [1.29, 1.82) is 0 Å². The van der Waals surface area contributed by atoms with Gasteiger partial charge in [0.1, 0.15) is 5.84 Å². The minimum atomic E-state index is 0.405. The summed E-state index contributed by atoms with van der Waals surface area (Å²) >= 11 is 9.46. The van der Waals surface area contributed by atoms with E-state index in [0.717, 1.165) is 15.7 Å². The van der Waals surface area contributed by atoms with Crippen molar-refractivity contribution in [2.45, 2.75) is 0 Å². The number of benzene rings is 2. The number of aliphatic imine (C=N–C) groups is 1. The molecule has 0 saturated heterocycles. The number of amidine groups is 1. The van der Waals surface area contributed by atoms with Gasteiger partial charge in [0.15, 0.2) is 0 Å². The van der Waals surface area contributed by atoms with Crippen LogP contribution in [0.5, 0.6) is 0 Å². The molecule has 2 rings (SSSR count). The molecule has 0 aliphatic carbocycles. The molecular weight excluding hydrogens is 300 g/mol. The van der Waals surface area contributed by atoms with E-state index in [2.05, 4.69) is 20.9 Å². The first kappa shape index (κ1) is 12.1. The summed E-state index contributed by atoms with van der Waals surface area (Å²) in [5, 5.41) is 0.588. The van der Waals surface area contributed by atoms with Crippen LogP contribution in [0.1, 0.15) is 5.56 Å². The fourth-order valence-electron chi connectivity index (χ4n) is 1.40. The van der Waals surface area contributed by atoms with Gasteiger partial charge in [-0.25, -0.2) is 4.99 Å². The minimum absolute atomic E-state index is 0.405. The predicted octanol–water partition coefficient (Wildman–Crippen LogP) is 4.14. The van der Waals surface area contributed by atoms with Crippen molar-refractivity contribution in [1.82, 2.24) is 0 Å². The quantitative estimate of drug-likeness (QED) is 0.657. The van der Waals surface area contributed by atoms with Crippen molar-refractivity contribution in [3.63, 3.8) is 0 Å². The lowest BCUT2D eigenvalue weighted by Crippen LogP contribution is -2.13. The number of halogens is 2. The van der Waals surface area contributed by atoms with E-state index in [1.807, 2.05) is 42.5 Å². The molecule has 0 fully saturated rings. The van der Waals surface area contributed by atoms with E-state index in [1.54, 1.807) is 6.07 Å². The highest BCUT2D eigenvalue weighted by Gasteiger charge is 2.05. The molecule has 86 valence electrons. The van der Waals surface area contributed by atoms with Gasteiger partial charge in [-0.2, -0.15) is 0 Å². The molecular formula is C13H10BrClN2. The number of para-hydroxylation sites is 1. The molecule has 0 aliphatic rings. The van der Waals surface area contributed by atoms with E-state index in [9.17, 15) is 0 Å². The van der Waals surface area contributed by atoms with Crippen LogP contribution in [0.25, 0.3) is 0 Å². The average Bonchev–Trinajstić information content (AvgIpc) is 2.33. The first-order valence-corrected chi connectivity index (χ1v) is 6.18. The van der Waals surface area contributed by atoms with Crippen LogP contribution in [0.3, 0.4) is 0 Å². The zero-order chi connectivity index (χ0) is 12.3. The monoisotopic (exact) mass is 308 g/mol. The summed E-state index contributed by atoms with van der Waals surface area (Å²) in [6.07, 6.45) is 0. The van der Waals surface area contributed by atoms with Gasteiger partial charge >= 0.3 is 0 Å². The Labute approximate surface area is 113 Å². The fraction of sp³-hybridized carbons (Fsp3) is 0. The first-order chi connectivity index (χ1) is 8.16. The molecule has 0 unspecified atom stereocenters. The molecule has 0 spiro atoms. The molecule has 2 aromatic carbocycles. The number of rotatable bonds is 2. The minimum Gasteiger partial charge on any atom is -0.383 e. The van der Waals surface area contributed by atoms with E-state index in [-0.39, 0.29) is 0 Å². The summed E-state index contributed by atoms with van der Waals surface area (Å²) in [5.74, 6) is 0.405. The van der Waals surface area contributed by atoms with Gasteiger partial charge < -0.3 is 5.73 Å². The Morgan fingerprint density at radius 1 is 1.12 bits per heavy atom. The van der Waals surface area contributed by atoms with Gasteiger partial charge in [-0.3, -0.25) is 0 Å². The normalized spacial score (nSPS) is 11.5. The lowest BCUT2D eigenvalue weighted by Gasteiger charge is -2.04. The zero-order valence-electron chi connectivity index (χ0n) is 8.90. The van der Waals surface area contributed by atoms with Crippen LogP contribution < -0.4 is 5.73 Å². The van der Waals surface area contributed by atoms with Crippen molar-refractivity contribution < 1.29 is 0 Å². The summed E-state index contributed by atoms with van der Waals surface area (Å²) < 4.78 is 0.920. The summed E-state index contributed by atoms with van der Waals surface area (Å²) in [6.45, 7) is 0. The van der Waals surface area contributed by atoms with Gasteiger partial charge in [-0.05, 0) is 30.3 Å². The Morgan fingerprint density at radius 3 is 2.53 bits per heavy atom. The lowest BCUT2D eigenvalue weighted by atomic mass is 10.2. The summed E-state index contributed by atoms with van der Waals surface area (Å²) in [5.41, 5.74) is 7.47. The maximum Gasteiger partial charge on any atom is 0.132 e. The second-order valence-corrected chi connectivity index (χ2v) is 4.78. The third-order valence-electron chi connectivity index (χ3n) is 2.21. The van der Waals surface area contributed by atoms with Gasteiger partial charge in [0.25, 0.3) is 0 Å². The maximum absolute atomic E-state index is 6.08. The molecule has 0 bridgehead atoms. The molecule has 0 saturated carbocycles. The van der Waals surface area contributed by atoms with E-state index in [4.69, 9.17) is 17.3 Å². The van der Waals surface area contributed by atoms with E-state index in [1.165, 1.54) is 0 Å². The molecule has 0 heterocycles. The highest BCUT2D eigenvalue weighted by molar-refractivity contribution is 9.10. The van der Waals surface area contributed by atoms with Crippen LogP contribution in [0.4, 0.5) is 5.69 Å². The van der Waals surface area contributed by atoms with Crippen molar-refractivity contribution in [3.8, 4) is 0 Å². The Bertz CT molecular complexity index is 553. The van der Waals surface area contributed by atoms with Gasteiger partial charge in [0.05, 0.1) is 10.7 Å². The van der Waals surface area contributed by atoms with Crippen molar-refractivity contribution in [3.05, 3.63) is 63.6 Å². The Hall–Kier alpha value is -1.32. The molecule has 0 aromatic heterocycles. The summed E-state index contributed by atoms with van der Waals surface area (Å²) in [6, 6.07) is 15.0. The lowest BCUT2D eigenvalue weighted by molar-refractivity contribution is 1.45. The Kier molecular flexibility index (Phi) is 3.82. The summed E-state index contributed by atoms with van der Waals surface area (Å²) in [7, 11) is 0. The van der Waals surface area contributed by atoms with Gasteiger partial charge in [-0.15, -0.1) is 0 Å². The molecule has 0 amide bonds. The fourth-order valence-corrected chi connectivity index (χ4v) is 1.97. The predicted molar refractivity (Wildman–Crippen MR) is 76.0 cm³/mol. The number of nitrogens with zero attached hydrogens (tertiary/aromatic N) is 1. The Morgan fingerprint density at radius 2 is 1.82 bits per heavy atom. The molecule has 4 heteroatoms. The van der Waals surface area contributed by atoms with E-state index >= 15 is 0 Å². The zero-order valence-corrected chi connectivity index (χ0v) is 11.2. The smallest absolute Gasteiger partial charge is 0.132 e. The van der Waals surface area contributed by atoms with Gasteiger partial charge in [0, 0.05) is 10.0 Å². The van der Waals surface area contributed by atoms with Crippen LogP contribution in [0, 0.1) is 0 Å². The van der Waals surface area contributed by atoms with E-state index < -0.39 is 0 Å². The van der Waals surface area contributed by atoms with Crippen LogP contribution in [-0.2, 0) is 0 Å². The number of hydrogen-bond donors (Lipinski definition) is 1. The molecule has 2 aromatic rings. The SMILES string of the molecule is NC(=Nc1ccccc1)c1cc(Br)ccc1Cl. The highest BCUT2D eigenvalue weighted by Crippen LogP contribution is 2.22. The van der Waals surface area contributed by atoms with Crippen LogP contribution in [0.15, 0.2) is 58.0 Å². The van der Waals surface area contributed by atoms with Gasteiger partial charge in [0.2, 0.25) is 0 Å². The highest BCUT2D eigenvalue weighted by atomic mass is 79.9. The average molecular weight is 310 g/mol. The van der Waals surface area contributed by atoms with Gasteiger partial charge in [-0.1, -0.05) is 45.7 Å². The third kappa shape index (κ3) is 3.08. The van der Waals surface area contributed by atoms with E-state index in [0.29, 0.717) is 10.9 Å². The maximum atomic E-state index is 6.08. The van der Waals surface area contributed by atoms with Crippen LogP contribution in [-0.4, -0.2) is 5.84 Å². The second-order valence-electron chi connectivity index (χ2n) is 3.46. The number of hydrogen-bond acceptors (Lipinski definition) is 1. The second kappa shape index (κ2) is 5.34. The van der Waals surface area contributed by atoms with Crippen molar-refractivity contribution in [2.75, 3.05) is 0 Å². The third-order valence-corrected chi connectivity index (χ3v) is 3.03.